The lowest BCUT2D eigenvalue weighted by Crippen LogP contribution is -2.15. The molecule has 1 aromatic carbocycles. The fraction of sp³-hybridized carbons (Fsp3) is 0.176. The van der Waals surface area contributed by atoms with Gasteiger partial charge in [-0.15, -0.1) is 11.3 Å². The van der Waals surface area contributed by atoms with Crippen molar-refractivity contribution in [1.29, 1.82) is 0 Å². The van der Waals surface area contributed by atoms with Crippen LogP contribution >= 0.6 is 22.9 Å². The van der Waals surface area contributed by atoms with E-state index in [-0.39, 0.29) is 21.2 Å². The zero-order valence-corrected chi connectivity index (χ0v) is 17.1. The van der Waals surface area contributed by atoms with E-state index >= 15 is 0 Å². The van der Waals surface area contributed by atoms with E-state index in [9.17, 15) is 13.2 Å². The van der Waals surface area contributed by atoms with Gasteiger partial charge in [-0.2, -0.15) is 0 Å². The number of anilines is 2. The predicted molar refractivity (Wildman–Crippen MR) is 105 cm³/mol. The Balaban J connectivity index is 1.86. The second kappa shape index (κ2) is 7.34. The summed E-state index contributed by atoms with van der Waals surface area (Å²) in [7, 11) is -3.80. The Kier molecular flexibility index (Phi) is 5.27. The van der Waals surface area contributed by atoms with Gasteiger partial charge in [0.25, 0.3) is 15.9 Å². The molecule has 0 saturated carbocycles. The summed E-state index contributed by atoms with van der Waals surface area (Å²) < 4.78 is 32.7. The SMILES string of the molecule is Cc1cc(S(=O)(=O)Nc2cc(NC(=O)c3cnoc3C)ccc2Cl)c(C)s1. The van der Waals surface area contributed by atoms with Crippen molar-refractivity contribution in [3.05, 3.63) is 56.6 Å². The summed E-state index contributed by atoms with van der Waals surface area (Å²) in [6.07, 6.45) is 1.31. The summed E-state index contributed by atoms with van der Waals surface area (Å²) in [4.78, 5) is 14.0. The molecule has 0 radical (unpaired) electrons. The molecule has 0 fully saturated rings. The lowest BCUT2D eigenvalue weighted by Gasteiger charge is -2.12. The minimum absolute atomic E-state index is 0.166. The lowest BCUT2D eigenvalue weighted by molar-refractivity contribution is 0.102. The second-order valence-corrected chi connectivity index (χ2v) is 9.35. The smallest absolute Gasteiger partial charge is 0.263 e. The minimum atomic E-state index is -3.80. The van der Waals surface area contributed by atoms with Crippen LogP contribution in [0.4, 0.5) is 11.4 Å². The van der Waals surface area contributed by atoms with E-state index < -0.39 is 15.9 Å². The standard InChI is InChI=1S/C17H16ClN3O4S2/c1-9-6-16(11(3)26-9)27(23,24)21-15-7-12(4-5-14(15)18)20-17(22)13-8-19-25-10(13)2/h4-8,21H,1-3H3,(H,20,22). The minimum Gasteiger partial charge on any atom is -0.361 e. The van der Waals surface area contributed by atoms with Crippen molar-refractivity contribution in [2.45, 2.75) is 25.7 Å². The fourth-order valence-electron chi connectivity index (χ4n) is 2.47. The largest absolute Gasteiger partial charge is 0.361 e. The summed E-state index contributed by atoms with van der Waals surface area (Å²) in [5.74, 6) is -0.0418. The first kappa shape index (κ1) is 19.4. The Morgan fingerprint density at radius 2 is 1.96 bits per heavy atom. The summed E-state index contributed by atoms with van der Waals surface area (Å²) >= 11 is 7.53. The molecule has 0 aliphatic heterocycles. The maximum absolute atomic E-state index is 12.7. The Labute approximate surface area is 165 Å². The van der Waals surface area contributed by atoms with Crippen LogP contribution in [0.2, 0.25) is 5.02 Å². The van der Waals surface area contributed by atoms with Gasteiger partial charge in [0.2, 0.25) is 0 Å². The van der Waals surface area contributed by atoms with Crippen molar-refractivity contribution in [1.82, 2.24) is 5.16 Å². The van der Waals surface area contributed by atoms with Crippen LogP contribution in [0.3, 0.4) is 0 Å². The number of hydrogen-bond acceptors (Lipinski definition) is 6. The molecule has 7 nitrogen and oxygen atoms in total. The first-order valence-electron chi connectivity index (χ1n) is 7.79. The third kappa shape index (κ3) is 4.15. The molecule has 27 heavy (non-hydrogen) atoms. The van der Waals surface area contributed by atoms with Gasteiger partial charge < -0.3 is 9.84 Å². The number of hydrogen-bond donors (Lipinski definition) is 2. The Morgan fingerprint density at radius 1 is 1.22 bits per heavy atom. The van der Waals surface area contributed by atoms with E-state index in [0.29, 0.717) is 16.3 Å². The highest BCUT2D eigenvalue weighted by molar-refractivity contribution is 7.93. The van der Waals surface area contributed by atoms with Crippen LogP contribution in [0.15, 0.2) is 39.9 Å². The van der Waals surface area contributed by atoms with Gasteiger partial charge in [-0.1, -0.05) is 16.8 Å². The normalized spacial score (nSPS) is 11.4. The zero-order valence-electron chi connectivity index (χ0n) is 14.7. The molecule has 2 heterocycles. The molecule has 2 aromatic heterocycles. The number of benzene rings is 1. The molecule has 0 unspecified atom stereocenters. The number of nitrogens with one attached hydrogen (secondary N) is 2. The van der Waals surface area contributed by atoms with E-state index in [2.05, 4.69) is 15.2 Å². The highest BCUT2D eigenvalue weighted by atomic mass is 35.5. The van der Waals surface area contributed by atoms with Crippen LogP contribution in [-0.2, 0) is 10.0 Å². The Hall–Kier alpha value is -2.36. The number of nitrogens with zero attached hydrogens (tertiary/aromatic N) is 1. The summed E-state index contributed by atoms with van der Waals surface area (Å²) in [6, 6.07) is 6.13. The van der Waals surface area contributed by atoms with Gasteiger partial charge in [0.1, 0.15) is 16.2 Å². The van der Waals surface area contributed by atoms with E-state index in [0.717, 1.165) is 4.88 Å². The second-order valence-electron chi connectivity index (χ2n) is 5.83. The van der Waals surface area contributed by atoms with Crippen molar-refractivity contribution < 1.29 is 17.7 Å². The molecular formula is C17H16ClN3O4S2. The van der Waals surface area contributed by atoms with Crippen LogP contribution in [0.25, 0.3) is 0 Å². The lowest BCUT2D eigenvalue weighted by atomic mass is 10.2. The van der Waals surface area contributed by atoms with Crippen LogP contribution in [-0.4, -0.2) is 19.5 Å². The quantitative estimate of drug-likeness (QED) is 0.632. The molecule has 1 amide bonds. The van der Waals surface area contributed by atoms with Gasteiger partial charge in [0.15, 0.2) is 0 Å². The number of carbonyl (C=O) groups excluding carboxylic acids is 1. The molecule has 0 atom stereocenters. The number of carbonyl (C=O) groups is 1. The zero-order chi connectivity index (χ0) is 19.8. The average molecular weight is 426 g/mol. The summed E-state index contributed by atoms with van der Waals surface area (Å²) in [6.45, 7) is 5.20. The molecule has 0 aliphatic carbocycles. The number of thiophene rings is 1. The van der Waals surface area contributed by atoms with Gasteiger partial charge in [-0.3, -0.25) is 9.52 Å². The molecule has 2 N–H and O–H groups in total. The number of amides is 1. The average Bonchev–Trinajstić information content (AvgIpc) is 3.15. The third-order valence-electron chi connectivity index (χ3n) is 3.75. The van der Waals surface area contributed by atoms with Crippen molar-refractivity contribution in [3.63, 3.8) is 0 Å². The predicted octanol–water partition coefficient (Wildman–Crippen LogP) is 4.37. The third-order valence-corrected chi connectivity index (χ3v) is 6.67. The maximum Gasteiger partial charge on any atom is 0.263 e. The van der Waals surface area contributed by atoms with Gasteiger partial charge >= 0.3 is 0 Å². The van der Waals surface area contributed by atoms with Crippen LogP contribution < -0.4 is 10.0 Å². The molecule has 0 bridgehead atoms. The van der Waals surface area contributed by atoms with Crippen molar-refractivity contribution >= 4 is 50.2 Å². The van der Waals surface area contributed by atoms with Gasteiger partial charge in [0.05, 0.1) is 16.9 Å². The fourth-order valence-corrected chi connectivity index (χ4v) is 5.32. The highest BCUT2D eigenvalue weighted by Gasteiger charge is 2.21. The van der Waals surface area contributed by atoms with Gasteiger partial charge in [-0.05, 0) is 45.0 Å². The van der Waals surface area contributed by atoms with Gasteiger partial charge in [-0.25, -0.2) is 8.42 Å². The Bertz CT molecular complexity index is 1120. The van der Waals surface area contributed by atoms with Crippen LogP contribution in [0.1, 0.15) is 25.9 Å². The molecule has 0 saturated heterocycles. The number of aromatic nitrogens is 1. The highest BCUT2D eigenvalue weighted by Crippen LogP contribution is 2.31. The Morgan fingerprint density at radius 3 is 2.56 bits per heavy atom. The first-order valence-corrected chi connectivity index (χ1v) is 10.5. The summed E-state index contributed by atoms with van der Waals surface area (Å²) in [5.41, 5.74) is 0.831. The number of sulfonamides is 1. The van der Waals surface area contributed by atoms with E-state index in [1.54, 1.807) is 26.0 Å². The monoisotopic (exact) mass is 425 g/mol. The van der Waals surface area contributed by atoms with Crippen molar-refractivity contribution in [2.24, 2.45) is 0 Å². The number of halogens is 1. The molecule has 3 aromatic rings. The van der Waals surface area contributed by atoms with Crippen LogP contribution in [0.5, 0.6) is 0 Å². The van der Waals surface area contributed by atoms with Crippen molar-refractivity contribution in [3.8, 4) is 0 Å². The van der Waals surface area contributed by atoms with Crippen LogP contribution in [0, 0.1) is 20.8 Å². The van der Waals surface area contributed by atoms with Gasteiger partial charge in [0, 0.05) is 15.4 Å². The molecular weight excluding hydrogens is 410 g/mol. The van der Waals surface area contributed by atoms with E-state index in [1.807, 2.05) is 6.92 Å². The number of rotatable bonds is 5. The molecule has 0 spiro atoms. The van der Waals surface area contributed by atoms with Crippen molar-refractivity contribution in [2.75, 3.05) is 10.0 Å². The van der Waals surface area contributed by atoms with E-state index in [1.165, 1.54) is 29.7 Å². The topological polar surface area (TPSA) is 101 Å². The summed E-state index contributed by atoms with van der Waals surface area (Å²) in [5, 5.41) is 6.43. The maximum atomic E-state index is 12.7. The first-order chi connectivity index (χ1) is 12.7. The molecule has 10 heteroatoms. The van der Waals surface area contributed by atoms with E-state index in [4.69, 9.17) is 16.1 Å². The number of aryl methyl sites for hydroxylation is 3. The molecule has 3 rings (SSSR count). The molecule has 142 valence electrons. The molecule has 0 aliphatic rings.